The summed E-state index contributed by atoms with van der Waals surface area (Å²) in [6.45, 7) is 0.946. The first-order chi connectivity index (χ1) is 12.3. The first-order valence-corrected chi connectivity index (χ1v) is 8.73. The molecular weight excluding hydrogens is 313 g/mol. The maximum Gasteiger partial charge on any atom is 0.162 e. The number of aromatic nitrogens is 3. The third-order valence-electron chi connectivity index (χ3n) is 5.02. The minimum atomic E-state index is -0.218. The molecule has 0 spiro atoms. The molecule has 1 aliphatic heterocycles. The molecule has 3 heterocycles. The summed E-state index contributed by atoms with van der Waals surface area (Å²) in [4.78, 5) is 0. The van der Waals surface area contributed by atoms with E-state index in [4.69, 9.17) is 5.10 Å². The fraction of sp³-hybridized carbons (Fsp3) is 0.190. The Morgan fingerprint density at radius 3 is 2.48 bits per heavy atom. The van der Waals surface area contributed by atoms with Crippen molar-refractivity contribution in [1.29, 1.82) is 0 Å². The van der Waals surface area contributed by atoms with Crippen LogP contribution in [0.5, 0.6) is 0 Å². The van der Waals surface area contributed by atoms with Gasteiger partial charge in [-0.25, -0.2) is 8.91 Å². The molecule has 25 heavy (non-hydrogen) atoms. The Labute approximate surface area is 145 Å². The monoisotopic (exact) mass is 331 g/mol. The van der Waals surface area contributed by atoms with Crippen LogP contribution in [-0.4, -0.2) is 14.2 Å². The van der Waals surface area contributed by atoms with Gasteiger partial charge in [-0.15, -0.1) is 5.10 Å². The van der Waals surface area contributed by atoms with Gasteiger partial charge >= 0.3 is 0 Å². The van der Waals surface area contributed by atoms with Gasteiger partial charge in [0.25, 0.3) is 0 Å². The van der Waals surface area contributed by atoms with E-state index in [1.54, 1.807) is 0 Å². The van der Waals surface area contributed by atoms with Crippen LogP contribution >= 0.6 is 0 Å². The molecule has 0 saturated carbocycles. The van der Waals surface area contributed by atoms with Crippen LogP contribution in [0.1, 0.15) is 18.4 Å². The van der Waals surface area contributed by atoms with Crippen molar-refractivity contribution in [3.8, 4) is 22.5 Å². The zero-order valence-electron chi connectivity index (χ0n) is 13.8. The zero-order chi connectivity index (χ0) is 16.8. The van der Waals surface area contributed by atoms with Gasteiger partial charge in [-0.05, 0) is 49.1 Å². The number of aryl methyl sites for hydroxylation is 2. The summed E-state index contributed by atoms with van der Waals surface area (Å²) in [5.41, 5.74) is 6.00. The van der Waals surface area contributed by atoms with Crippen molar-refractivity contribution in [1.82, 2.24) is 14.2 Å². The van der Waals surface area contributed by atoms with Gasteiger partial charge in [0.05, 0.1) is 0 Å². The van der Waals surface area contributed by atoms with Gasteiger partial charge < -0.3 is 4.57 Å². The summed E-state index contributed by atoms with van der Waals surface area (Å²) in [6, 6.07) is 17.1. The fourth-order valence-corrected chi connectivity index (χ4v) is 3.85. The van der Waals surface area contributed by atoms with Crippen molar-refractivity contribution in [3.05, 3.63) is 72.2 Å². The second-order valence-electron chi connectivity index (χ2n) is 6.59. The zero-order valence-corrected chi connectivity index (χ0v) is 13.8. The number of halogens is 1. The maximum atomic E-state index is 13.3. The van der Waals surface area contributed by atoms with Crippen molar-refractivity contribution in [2.45, 2.75) is 25.8 Å². The minimum absolute atomic E-state index is 0.218. The van der Waals surface area contributed by atoms with Gasteiger partial charge in [0.15, 0.2) is 5.82 Å². The van der Waals surface area contributed by atoms with Crippen molar-refractivity contribution in [3.63, 3.8) is 0 Å². The first-order valence-electron chi connectivity index (χ1n) is 8.73. The highest BCUT2D eigenvalue weighted by Gasteiger charge is 2.22. The molecule has 0 aliphatic carbocycles. The van der Waals surface area contributed by atoms with E-state index in [-0.39, 0.29) is 5.82 Å². The second kappa shape index (κ2) is 5.59. The molecule has 0 unspecified atom stereocenters. The summed E-state index contributed by atoms with van der Waals surface area (Å²) in [5.74, 6) is 0.697. The molecule has 5 rings (SSSR count). The Hall–Kier alpha value is -2.88. The number of benzene rings is 2. The Kier molecular flexibility index (Phi) is 3.23. The molecule has 0 radical (unpaired) electrons. The normalized spacial score (nSPS) is 14.0. The van der Waals surface area contributed by atoms with Crippen LogP contribution in [0.3, 0.4) is 0 Å². The Morgan fingerprint density at radius 2 is 1.68 bits per heavy atom. The van der Waals surface area contributed by atoms with E-state index in [1.807, 2.05) is 22.7 Å². The smallest absolute Gasteiger partial charge is 0.162 e. The average molecular weight is 331 g/mol. The Bertz CT molecular complexity index is 1040. The van der Waals surface area contributed by atoms with Crippen LogP contribution in [-0.2, 0) is 13.0 Å². The van der Waals surface area contributed by atoms with Gasteiger partial charge in [-0.3, -0.25) is 0 Å². The van der Waals surface area contributed by atoms with E-state index in [9.17, 15) is 4.39 Å². The lowest BCUT2D eigenvalue weighted by atomic mass is 10.0. The van der Waals surface area contributed by atoms with E-state index in [0.29, 0.717) is 0 Å². The molecular formula is C21H18FN3. The quantitative estimate of drug-likeness (QED) is 0.510. The molecule has 0 saturated heterocycles. The predicted octanol–water partition coefficient (Wildman–Crippen LogP) is 4.95. The lowest BCUT2D eigenvalue weighted by molar-refractivity contribution is 0.627. The van der Waals surface area contributed by atoms with Crippen molar-refractivity contribution >= 4 is 5.65 Å². The maximum absolute atomic E-state index is 13.3. The van der Waals surface area contributed by atoms with Crippen LogP contribution in [0.15, 0.2) is 60.8 Å². The van der Waals surface area contributed by atoms with Gasteiger partial charge in [0.2, 0.25) is 0 Å². The van der Waals surface area contributed by atoms with Crippen LogP contribution in [0, 0.1) is 5.82 Å². The lowest BCUT2D eigenvalue weighted by Gasteiger charge is -2.06. The van der Waals surface area contributed by atoms with Crippen LogP contribution in [0.2, 0.25) is 0 Å². The van der Waals surface area contributed by atoms with Crippen LogP contribution in [0.25, 0.3) is 28.2 Å². The topological polar surface area (TPSA) is 22.2 Å². The summed E-state index contributed by atoms with van der Waals surface area (Å²) < 4.78 is 17.6. The molecule has 2 aromatic heterocycles. The molecule has 3 nitrogen and oxygen atoms in total. The van der Waals surface area contributed by atoms with Crippen LogP contribution < -0.4 is 0 Å². The molecule has 0 bridgehead atoms. The Balaban J connectivity index is 1.74. The van der Waals surface area contributed by atoms with E-state index >= 15 is 0 Å². The summed E-state index contributed by atoms with van der Waals surface area (Å²) >= 11 is 0. The second-order valence-corrected chi connectivity index (χ2v) is 6.59. The Morgan fingerprint density at radius 1 is 0.880 bits per heavy atom. The summed E-state index contributed by atoms with van der Waals surface area (Å²) in [6.07, 6.45) is 5.50. The minimum Gasteiger partial charge on any atom is -0.309 e. The van der Waals surface area contributed by atoms with Crippen molar-refractivity contribution < 1.29 is 4.39 Å². The predicted molar refractivity (Wildman–Crippen MR) is 97.0 cm³/mol. The van der Waals surface area contributed by atoms with Gasteiger partial charge in [0.1, 0.15) is 11.5 Å². The third kappa shape index (κ3) is 2.29. The summed E-state index contributed by atoms with van der Waals surface area (Å²) in [5, 5.41) is 4.83. The summed E-state index contributed by atoms with van der Waals surface area (Å²) in [7, 11) is 0. The largest absolute Gasteiger partial charge is 0.309 e. The number of rotatable bonds is 2. The molecule has 1 aliphatic rings. The fourth-order valence-electron chi connectivity index (χ4n) is 3.85. The molecule has 0 amide bonds. The third-order valence-corrected chi connectivity index (χ3v) is 5.02. The van der Waals surface area contributed by atoms with E-state index in [1.165, 1.54) is 40.9 Å². The number of nitrogens with zero attached hydrogens (tertiary/aromatic N) is 3. The van der Waals surface area contributed by atoms with Crippen molar-refractivity contribution in [2.24, 2.45) is 0 Å². The molecule has 124 valence electrons. The SMILES string of the molecule is Fc1ccc(-c2nn3cc(-c4ccccc4)c4c3n2CCCC4)cc1. The first kappa shape index (κ1) is 14.5. The highest BCUT2D eigenvalue weighted by Crippen LogP contribution is 2.34. The average Bonchev–Trinajstić information content (AvgIpc) is 3.08. The molecule has 4 aromatic rings. The highest BCUT2D eigenvalue weighted by molar-refractivity contribution is 5.76. The van der Waals surface area contributed by atoms with Crippen molar-refractivity contribution in [2.75, 3.05) is 0 Å². The van der Waals surface area contributed by atoms with E-state index in [0.717, 1.165) is 30.8 Å². The van der Waals surface area contributed by atoms with E-state index in [2.05, 4.69) is 35.0 Å². The van der Waals surface area contributed by atoms with Crippen LogP contribution in [0.4, 0.5) is 4.39 Å². The van der Waals surface area contributed by atoms with Gasteiger partial charge in [-0.1, -0.05) is 30.3 Å². The number of hydrogen-bond donors (Lipinski definition) is 0. The highest BCUT2D eigenvalue weighted by atomic mass is 19.1. The lowest BCUT2D eigenvalue weighted by Crippen LogP contribution is -1.99. The molecule has 0 N–H and O–H groups in total. The standard InChI is InChI=1S/C21H18FN3/c22-17-11-9-16(10-12-17)20-23-25-14-19(15-6-2-1-3-7-15)18-8-4-5-13-24(20)21(18)25/h1-3,6-7,9-12,14H,4-5,8,13H2. The van der Waals surface area contributed by atoms with E-state index < -0.39 is 0 Å². The van der Waals surface area contributed by atoms with Gasteiger partial charge in [-0.2, -0.15) is 0 Å². The molecule has 2 aromatic carbocycles. The van der Waals surface area contributed by atoms with Gasteiger partial charge in [0, 0.05) is 29.4 Å². The number of hydrogen-bond acceptors (Lipinski definition) is 1. The molecule has 0 atom stereocenters. The molecule has 4 heteroatoms. The molecule has 0 fully saturated rings.